The van der Waals surface area contributed by atoms with Crippen LogP contribution in [0.1, 0.15) is 10.4 Å². The Balaban J connectivity index is 1.56. The largest absolute Gasteiger partial charge is 0.378 e. The fourth-order valence-corrected chi connectivity index (χ4v) is 3.62. The maximum absolute atomic E-state index is 12.7. The van der Waals surface area contributed by atoms with Crippen LogP contribution in [0.25, 0.3) is 33.2 Å². The number of carbonyl (C=O) groups is 1. The Labute approximate surface area is 156 Å². The molecule has 4 aromatic rings. The zero-order valence-corrected chi connectivity index (χ0v) is 14.8. The minimum absolute atomic E-state index is 0.0526. The van der Waals surface area contributed by atoms with Gasteiger partial charge in [-0.2, -0.15) is 0 Å². The van der Waals surface area contributed by atoms with Gasteiger partial charge in [-0.25, -0.2) is 4.98 Å². The predicted octanol–water partition coefficient (Wildman–Crippen LogP) is 3.86. The van der Waals surface area contributed by atoms with E-state index < -0.39 is 0 Å². The Morgan fingerprint density at radius 2 is 1.78 bits per heavy atom. The van der Waals surface area contributed by atoms with Crippen LogP contribution in [0.2, 0.25) is 0 Å². The molecular formula is C22H19N3O2. The van der Waals surface area contributed by atoms with Gasteiger partial charge in [-0.15, -0.1) is 0 Å². The summed E-state index contributed by atoms with van der Waals surface area (Å²) >= 11 is 0. The number of morpholine rings is 1. The summed E-state index contributed by atoms with van der Waals surface area (Å²) in [5, 5.41) is 1.03. The average molecular weight is 357 g/mol. The second-order valence-electron chi connectivity index (χ2n) is 6.75. The molecule has 0 unspecified atom stereocenters. The van der Waals surface area contributed by atoms with Crippen molar-refractivity contribution in [2.75, 3.05) is 26.3 Å². The number of carbonyl (C=O) groups excluding carboxylic acids is 1. The number of amides is 1. The van der Waals surface area contributed by atoms with Gasteiger partial charge in [-0.1, -0.05) is 30.3 Å². The first-order chi connectivity index (χ1) is 13.3. The van der Waals surface area contributed by atoms with Crippen LogP contribution in [0, 0.1) is 0 Å². The van der Waals surface area contributed by atoms with E-state index in [1.165, 1.54) is 0 Å². The number of rotatable bonds is 2. The van der Waals surface area contributed by atoms with E-state index in [-0.39, 0.29) is 5.91 Å². The summed E-state index contributed by atoms with van der Waals surface area (Å²) in [7, 11) is 0. The van der Waals surface area contributed by atoms with Gasteiger partial charge in [-0.3, -0.25) is 4.79 Å². The SMILES string of the molecule is O=C(c1ccc2c(c1)[nH]c1ccc(-c3ccccc3)nc12)N1CCOCC1. The molecule has 1 fully saturated rings. The monoisotopic (exact) mass is 357 g/mol. The summed E-state index contributed by atoms with van der Waals surface area (Å²) in [6.07, 6.45) is 0. The lowest BCUT2D eigenvalue weighted by molar-refractivity contribution is 0.0303. The number of nitrogens with zero attached hydrogens (tertiary/aromatic N) is 2. The fraction of sp³-hybridized carbons (Fsp3) is 0.182. The first kappa shape index (κ1) is 16.0. The maximum Gasteiger partial charge on any atom is 0.254 e. The quantitative estimate of drug-likeness (QED) is 0.593. The highest BCUT2D eigenvalue weighted by atomic mass is 16.5. The van der Waals surface area contributed by atoms with Crippen molar-refractivity contribution in [3.63, 3.8) is 0 Å². The Morgan fingerprint density at radius 1 is 0.963 bits per heavy atom. The van der Waals surface area contributed by atoms with E-state index in [0.717, 1.165) is 33.2 Å². The first-order valence-corrected chi connectivity index (χ1v) is 9.14. The Morgan fingerprint density at radius 3 is 2.59 bits per heavy atom. The van der Waals surface area contributed by atoms with Gasteiger partial charge >= 0.3 is 0 Å². The van der Waals surface area contributed by atoms with Gasteiger partial charge in [0.1, 0.15) is 0 Å². The number of hydrogen-bond donors (Lipinski definition) is 1. The van der Waals surface area contributed by atoms with Crippen molar-refractivity contribution < 1.29 is 9.53 Å². The third kappa shape index (κ3) is 2.86. The lowest BCUT2D eigenvalue weighted by Gasteiger charge is -2.26. The van der Waals surface area contributed by atoms with Crippen LogP contribution < -0.4 is 0 Å². The van der Waals surface area contributed by atoms with Crippen molar-refractivity contribution in [1.29, 1.82) is 0 Å². The molecule has 0 radical (unpaired) electrons. The van der Waals surface area contributed by atoms with Crippen LogP contribution in [0.15, 0.2) is 60.7 Å². The number of ether oxygens (including phenoxy) is 1. The number of nitrogens with one attached hydrogen (secondary N) is 1. The van der Waals surface area contributed by atoms with Gasteiger partial charge < -0.3 is 14.6 Å². The highest BCUT2D eigenvalue weighted by Gasteiger charge is 2.19. The first-order valence-electron chi connectivity index (χ1n) is 9.14. The Hall–Kier alpha value is -3.18. The number of pyridine rings is 1. The minimum Gasteiger partial charge on any atom is -0.378 e. The number of aromatic nitrogens is 2. The van der Waals surface area contributed by atoms with Gasteiger partial charge in [0.15, 0.2) is 0 Å². The van der Waals surface area contributed by atoms with Crippen LogP contribution in [0.4, 0.5) is 0 Å². The van der Waals surface area contributed by atoms with E-state index in [1.807, 2.05) is 53.4 Å². The average Bonchev–Trinajstić information content (AvgIpc) is 3.11. The second-order valence-corrected chi connectivity index (χ2v) is 6.75. The molecule has 5 nitrogen and oxygen atoms in total. The molecule has 134 valence electrons. The van der Waals surface area contributed by atoms with Crippen molar-refractivity contribution in [2.24, 2.45) is 0 Å². The summed E-state index contributed by atoms with van der Waals surface area (Å²) < 4.78 is 5.34. The fourth-order valence-electron chi connectivity index (χ4n) is 3.62. The normalized spacial score (nSPS) is 14.7. The minimum atomic E-state index is 0.0526. The summed E-state index contributed by atoms with van der Waals surface area (Å²) in [5.41, 5.74) is 5.56. The number of H-pyrrole nitrogens is 1. The van der Waals surface area contributed by atoms with Crippen molar-refractivity contribution in [3.8, 4) is 11.3 Å². The molecule has 0 saturated carbocycles. The molecule has 2 aromatic carbocycles. The zero-order valence-electron chi connectivity index (χ0n) is 14.8. The summed E-state index contributed by atoms with van der Waals surface area (Å²) in [6.45, 7) is 2.50. The molecule has 1 aliphatic rings. The third-order valence-corrected chi connectivity index (χ3v) is 5.05. The van der Waals surface area contributed by atoms with E-state index in [4.69, 9.17) is 9.72 Å². The molecule has 0 spiro atoms. The second kappa shape index (κ2) is 6.52. The molecule has 1 N–H and O–H groups in total. The van der Waals surface area contributed by atoms with Crippen LogP contribution in [-0.2, 0) is 4.74 Å². The van der Waals surface area contributed by atoms with Crippen molar-refractivity contribution in [1.82, 2.24) is 14.9 Å². The van der Waals surface area contributed by atoms with Crippen molar-refractivity contribution in [2.45, 2.75) is 0 Å². The van der Waals surface area contributed by atoms with Gasteiger partial charge in [-0.05, 0) is 30.3 Å². The Bertz CT molecular complexity index is 1130. The van der Waals surface area contributed by atoms with Crippen LogP contribution in [0.5, 0.6) is 0 Å². The highest BCUT2D eigenvalue weighted by molar-refractivity contribution is 6.08. The molecule has 0 aliphatic carbocycles. The third-order valence-electron chi connectivity index (χ3n) is 5.05. The molecule has 2 aromatic heterocycles. The predicted molar refractivity (Wildman–Crippen MR) is 106 cm³/mol. The molecular weight excluding hydrogens is 338 g/mol. The van der Waals surface area contributed by atoms with E-state index >= 15 is 0 Å². The number of fused-ring (bicyclic) bond motifs is 3. The highest BCUT2D eigenvalue weighted by Crippen LogP contribution is 2.28. The molecule has 27 heavy (non-hydrogen) atoms. The summed E-state index contributed by atoms with van der Waals surface area (Å²) in [5.74, 6) is 0.0526. The molecule has 5 rings (SSSR count). The van der Waals surface area contributed by atoms with Gasteiger partial charge in [0.2, 0.25) is 0 Å². The van der Waals surface area contributed by atoms with Gasteiger partial charge in [0.25, 0.3) is 5.91 Å². The lowest BCUT2D eigenvalue weighted by atomic mass is 10.1. The zero-order chi connectivity index (χ0) is 18.2. The molecule has 3 heterocycles. The van der Waals surface area contributed by atoms with Crippen LogP contribution in [0.3, 0.4) is 0 Å². The lowest BCUT2D eigenvalue weighted by Crippen LogP contribution is -2.40. The van der Waals surface area contributed by atoms with E-state index in [1.54, 1.807) is 0 Å². The van der Waals surface area contributed by atoms with Crippen LogP contribution >= 0.6 is 0 Å². The molecule has 1 amide bonds. The molecule has 0 bridgehead atoms. The van der Waals surface area contributed by atoms with E-state index in [0.29, 0.717) is 31.9 Å². The standard InChI is InChI=1S/C22H19N3O2/c26-22(25-10-12-27-13-11-25)16-6-7-17-20(14-16)23-19-9-8-18(24-21(17)19)15-4-2-1-3-5-15/h1-9,14,23H,10-13H2. The Kier molecular flexibility index (Phi) is 3.87. The summed E-state index contributed by atoms with van der Waals surface area (Å²) in [6, 6.07) is 20.0. The van der Waals surface area contributed by atoms with Crippen molar-refractivity contribution in [3.05, 3.63) is 66.2 Å². The van der Waals surface area contributed by atoms with E-state index in [2.05, 4.69) is 17.1 Å². The number of aromatic amines is 1. The summed E-state index contributed by atoms with van der Waals surface area (Å²) in [4.78, 5) is 22.8. The number of benzene rings is 2. The molecule has 0 atom stereocenters. The molecule has 1 saturated heterocycles. The topological polar surface area (TPSA) is 58.2 Å². The van der Waals surface area contributed by atoms with Crippen LogP contribution in [-0.4, -0.2) is 47.1 Å². The maximum atomic E-state index is 12.7. The molecule has 1 aliphatic heterocycles. The smallest absolute Gasteiger partial charge is 0.254 e. The van der Waals surface area contributed by atoms with Crippen molar-refractivity contribution >= 4 is 27.8 Å². The van der Waals surface area contributed by atoms with Gasteiger partial charge in [0.05, 0.1) is 29.9 Å². The van der Waals surface area contributed by atoms with E-state index in [9.17, 15) is 4.79 Å². The molecule has 5 heteroatoms. The number of hydrogen-bond acceptors (Lipinski definition) is 3. The van der Waals surface area contributed by atoms with Gasteiger partial charge in [0, 0.05) is 35.1 Å².